The van der Waals surface area contributed by atoms with E-state index in [-0.39, 0.29) is 30.3 Å². The van der Waals surface area contributed by atoms with E-state index in [9.17, 15) is 24.6 Å². The van der Waals surface area contributed by atoms with Gasteiger partial charge >= 0.3 is 12.1 Å². The molecule has 2 atom stereocenters. The number of aliphatic carboxylic acids is 1. The fourth-order valence-corrected chi connectivity index (χ4v) is 5.87. The number of hydrogen-bond acceptors (Lipinski definition) is 5. The minimum Gasteiger partial charge on any atom is -0.480 e. The molecule has 0 bridgehead atoms. The van der Waals surface area contributed by atoms with Gasteiger partial charge in [0.1, 0.15) is 6.04 Å². The molecule has 0 aliphatic carbocycles. The summed E-state index contributed by atoms with van der Waals surface area (Å²) >= 11 is 0. The second-order valence-corrected chi connectivity index (χ2v) is 10.4. The zero-order valence-corrected chi connectivity index (χ0v) is 21.7. The maximum absolute atomic E-state index is 13.4. The van der Waals surface area contributed by atoms with E-state index in [2.05, 4.69) is 43.3 Å². The summed E-state index contributed by atoms with van der Waals surface area (Å²) in [7, 11) is 6.08. The van der Waals surface area contributed by atoms with E-state index in [0.717, 1.165) is 23.4 Å². The predicted octanol–water partition coefficient (Wildman–Crippen LogP) is 3.27. The number of nitrogens with zero attached hydrogens (tertiary/aromatic N) is 4. The molecule has 2 heterocycles. The molecule has 0 spiro atoms. The van der Waals surface area contributed by atoms with Gasteiger partial charge in [0.25, 0.3) is 5.91 Å². The quantitative estimate of drug-likeness (QED) is 0.592. The van der Waals surface area contributed by atoms with Crippen molar-refractivity contribution in [2.45, 2.75) is 30.8 Å². The summed E-state index contributed by atoms with van der Waals surface area (Å²) in [5, 5.41) is 18.7. The van der Waals surface area contributed by atoms with Crippen LogP contribution in [0.5, 0.6) is 0 Å². The number of benzene rings is 2. The molecule has 37 heavy (non-hydrogen) atoms. The van der Waals surface area contributed by atoms with Crippen LogP contribution in [0.2, 0.25) is 0 Å². The minimum atomic E-state index is -1.21. The van der Waals surface area contributed by atoms with Gasteiger partial charge in [-0.3, -0.25) is 14.6 Å². The number of carboxylic acid groups (broad SMARTS) is 2. The van der Waals surface area contributed by atoms with E-state index in [4.69, 9.17) is 0 Å². The zero-order chi connectivity index (χ0) is 26.7. The van der Waals surface area contributed by atoms with Crippen molar-refractivity contribution < 1.29 is 24.6 Å². The molecule has 2 aromatic carbocycles. The van der Waals surface area contributed by atoms with Crippen molar-refractivity contribution in [2.75, 3.05) is 52.2 Å². The normalized spacial score (nSPS) is 21.2. The number of anilines is 1. The Morgan fingerprint density at radius 2 is 1.65 bits per heavy atom. The molecule has 0 radical (unpaired) electrons. The SMILES string of the molecule is CN(C[C@H]1C[C@@H](C(=O)O)N(C(=O)O)C1)c1cccc(C(=O)N2CCC(c3ccccc3)(N(C)C)CC2)c1. The fraction of sp³-hybridized carbons (Fsp3) is 0.464. The lowest BCUT2D eigenvalue weighted by molar-refractivity contribution is -0.141. The summed E-state index contributed by atoms with van der Waals surface area (Å²) in [5.74, 6) is -1.23. The molecule has 4 rings (SSSR count). The Bertz CT molecular complexity index is 1110. The van der Waals surface area contributed by atoms with Crippen LogP contribution in [0.3, 0.4) is 0 Å². The van der Waals surface area contributed by atoms with E-state index in [1.807, 2.05) is 47.2 Å². The minimum absolute atomic E-state index is 0.000437. The molecule has 2 N–H and O–H groups in total. The van der Waals surface area contributed by atoms with Crippen molar-refractivity contribution in [1.82, 2.24) is 14.7 Å². The number of carbonyl (C=O) groups excluding carboxylic acids is 1. The summed E-state index contributed by atoms with van der Waals surface area (Å²) in [4.78, 5) is 43.5. The van der Waals surface area contributed by atoms with Crippen LogP contribution in [0.25, 0.3) is 0 Å². The molecule has 0 aromatic heterocycles. The second-order valence-electron chi connectivity index (χ2n) is 10.4. The first kappa shape index (κ1) is 26.5. The molecule has 2 amide bonds. The van der Waals surface area contributed by atoms with Crippen molar-refractivity contribution in [3.63, 3.8) is 0 Å². The second kappa shape index (κ2) is 10.8. The Balaban J connectivity index is 1.41. The summed E-state index contributed by atoms with van der Waals surface area (Å²) in [6, 6.07) is 16.9. The third kappa shape index (κ3) is 5.41. The van der Waals surface area contributed by atoms with Crippen LogP contribution in [-0.4, -0.2) is 96.2 Å². The van der Waals surface area contributed by atoms with E-state index in [1.165, 1.54) is 5.56 Å². The first-order chi connectivity index (χ1) is 17.6. The van der Waals surface area contributed by atoms with Gasteiger partial charge in [0.05, 0.1) is 0 Å². The van der Waals surface area contributed by atoms with Gasteiger partial charge in [0, 0.05) is 50.0 Å². The predicted molar refractivity (Wildman–Crippen MR) is 141 cm³/mol. The van der Waals surface area contributed by atoms with Gasteiger partial charge in [0.15, 0.2) is 0 Å². The zero-order valence-electron chi connectivity index (χ0n) is 21.7. The number of rotatable bonds is 7. The van der Waals surface area contributed by atoms with Crippen LogP contribution in [0.15, 0.2) is 54.6 Å². The Morgan fingerprint density at radius 1 is 0.973 bits per heavy atom. The van der Waals surface area contributed by atoms with Gasteiger partial charge in [-0.1, -0.05) is 36.4 Å². The monoisotopic (exact) mass is 508 g/mol. The van der Waals surface area contributed by atoms with Crippen LogP contribution in [0, 0.1) is 5.92 Å². The summed E-state index contributed by atoms with van der Waals surface area (Å²) in [6.07, 6.45) is 0.758. The van der Waals surface area contributed by atoms with E-state index in [1.54, 1.807) is 0 Å². The lowest BCUT2D eigenvalue weighted by Crippen LogP contribution is -2.51. The first-order valence-corrected chi connectivity index (χ1v) is 12.7. The molecule has 2 fully saturated rings. The van der Waals surface area contributed by atoms with Crippen LogP contribution in [0.4, 0.5) is 10.5 Å². The van der Waals surface area contributed by atoms with Crippen molar-refractivity contribution >= 4 is 23.7 Å². The van der Waals surface area contributed by atoms with Gasteiger partial charge in [-0.25, -0.2) is 9.59 Å². The third-order valence-corrected chi connectivity index (χ3v) is 8.03. The summed E-state index contributed by atoms with van der Waals surface area (Å²) in [5.41, 5.74) is 2.63. The van der Waals surface area contributed by atoms with Crippen molar-refractivity contribution in [3.05, 3.63) is 65.7 Å². The van der Waals surface area contributed by atoms with Crippen molar-refractivity contribution in [2.24, 2.45) is 5.92 Å². The first-order valence-electron chi connectivity index (χ1n) is 12.7. The highest BCUT2D eigenvalue weighted by atomic mass is 16.4. The van der Waals surface area contributed by atoms with E-state index >= 15 is 0 Å². The highest BCUT2D eigenvalue weighted by Crippen LogP contribution is 2.37. The molecule has 2 aliphatic rings. The van der Waals surface area contributed by atoms with Gasteiger partial charge in [0.2, 0.25) is 0 Å². The number of hydrogen-bond donors (Lipinski definition) is 2. The van der Waals surface area contributed by atoms with Crippen LogP contribution in [0.1, 0.15) is 35.2 Å². The van der Waals surface area contributed by atoms with Gasteiger partial charge < -0.3 is 20.0 Å². The summed E-state index contributed by atoms with van der Waals surface area (Å²) in [6.45, 7) is 2.00. The topological polar surface area (TPSA) is 105 Å². The Morgan fingerprint density at radius 3 is 2.22 bits per heavy atom. The average Bonchev–Trinajstić information content (AvgIpc) is 3.33. The van der Waals surface area contributed by atoms with Crippen LogP contribution in [-0.2, 0) is 10.3 Å². The highest BCUT2D eigenvalue weighted by molar-refractivity contribution is 5.95. The van der Waals surface area contributed by atoms with Gasteiger partial charge in [-0.15, -0.1) is 0 Å². The number of piperidine rings is 1. The molecule has 0 saturated carbocycles. The largest absolute Gasteiger partial charge is 0.480 e. The molecule has 0 unspecified atom stereocenters. The smallest absolute Gasteiger partial charge is 0.408 e. The number of carbonyl (C=O) groups is 3. The number of amides is 2. The van der Waals surface area contributed by atoms with Crippen LogP contribution < -0.4 is 4.90 Å². The third-order valence-electron chi connectivity index (χ3n) is 8.03. The Hall–Kier alpha value is -3.59. The molecule has 9 heteroatoms. The molecular weight excluding hydrogens is 472 g/mol. The van der Waals surface area contributed by atoms with Crippen molar-refractivity contribution in [3.8, 4) is 0 Å². The molecule has 2 aliphatic heterocycles. The molecule has 198 valence electrons. The molecule has 2 aromatic rings. The molecular formula is C28H36N4O5. The maximum Gasteiger partial charge on any atom is 0.408 e. The molecule has 2 saturated heterocycles. The number of likely N-dealkylation sites (tertiary alicyclic amines) is 2. The van der Waals surface area contributed by atoms with Crippen LogP contribution >= 0.6 is 0 Å². The summed E-state index contributed by atoms with van der Waals surface area (Å²) < 4.78 is 0. The molecule has 9 nitrogen and oxygen atoms in total. The van der Waals surface area contributed by atoms with E-state index in [0.29, 0.717) is 25.2 Å². The lowest BCUT2D eigenvalue weighted by atomic mass is 9.79. The Kier molecular flexibility index (Phi) is 7.73. The maximum atomic E-state index is 13.4. The average molecular weight is 509 g/mol. The standard InChI is InChI=1S/C28H36N4O5/c1-29(2)28(22-9-5-4-6-10-22)12-14-31(15-13-28)25(33)21-8-7-11-23(17-21)30(3)18-20-16-24(26(34)35)32(19-20)27(36)37/h4-11,17,20,24H,12-16,18-19H2,1-3H3,(H,34,35)(H,36,37)/t20-,24+/m1/s1. The van der Waals surface area contributed by atoms with E-state index < -0.39 is 18.1 Å². The highest BCUT2D eigenvalue weighted by Gasteiger charge is 2.41. The van der Waals surface area contributed by atoms with Gasteiger partial charge in [-0.05, 0) is 63.0 Å². The van der Waals surface area contributed by atoms with Gasteiger partial charge in [-0.2, -0.15) is 0 Å². The Labute approximate surface area is 217 Å². The number of carboxylic acids is 1. The fourth-order valence-electron chi connectivity index (χ4n) is 5.87. The lowest BCUT2D eigenvalue weighted by Gasteiger charge is -2.46. The van der Waals surface area contributed by atoms with Crippen molar-refractivity contribution in [1.29, 1.82) is 0 Å².